The lowest BCUT2D eigenvalue weighted by Crippen LogP contribution is -2.12. The molecule has 0 aliphatic rings. The molecule has 2 aromatic heterocycles. The Bertz CT molecular complexity index is 552. The van der Waals surface area contributed by atoms with Crippen LogP contribution in [0.5, 0.6) is 0 Å². The number of nitrogens with zero attached hydrogens (tertiary/aromatic N) is 4. The molecule has 1 unspecified atom stereocenters. The van der Waals surface area contributed by atoms with E-state index in [2.05, 4.69) is 48.4 Å². The van der Waals surface area contributed by atoms with Crippen LogP contribution in [-0.2, 0) is 12.0 Å². The topological polar surface area (TPSA) is 69.6 Å². The quantitative estimate of drug-likeness (QED) is 0.920. The van der Waals surface area contributed by atoms with Gasteiger partial charge in [0.2, 0.25) is 0 Å². The Morgan fingerprint density at radius 2 is 2.15 bits per heavy atom. The summed E-state index contributed by atoms with van der Waals surface area (Å²) in [5.74, 6) is 0. The summed E-state index contributed by atoms with van der Waals surface area (Å²) in [5, 5.41) is 11.5. The molecule has 0 aromatic carbocycles. The number of nitrogens with two attached hydrogens (primary N) is 1. The van der Waals surface area contributed by atoms with Crippen LogP contribution in [0.4, 0.5) is 0 Å². The van der Waals surface area contributed by atoms with E-state index < -0.39 is 0 Å². The van der Waals surface area contributed by atoms with Crippen molar-refractivity contribution in [2.24, 2.45) is 5.73 Å². The predicted octanol–water partition coefficient (Wildman–Crippen LogP) is 2.88. The third-order valence-electron chi connectivity index (χ3n) is 3.15. The number of hydrogen-bond acceptors (Lipinski definition) is 5. The van der Waals surface area contributed by atoms with E-state index >= 15 is 0 Å². The Hall–Kier alpha value is -1.27. The average Bonchev–Trinajstić information content (AvgIpc) is 2.98. The zero-order valence-corrected chi connectivity index (χ0v) is 13.4. The first kappa shape index (κ1) is 15.1. The molecule has 0 amide bonds. The van der Waals surface area contributed by atoms with Crippen LogP contribution in [0.3, 0.4) is 0 Å². The van der Waals surface area contributed by atoms with Crippen molar-refractivity contribution < 1.29 is 0 Å². The third kappa shape index (κ3) is 3.64. The van der Waals surface area contributed by atoms with Gasteiger partial charge in [-0.25, -0.2) is 9.67 Å². The van der Waals surface area contributed by atoms with Crippen molar-refractivity contribution in [2.75, 3.05) is 0 Å². The number of thiazole rings is 1. The van der Waals surface area contributed by atoms with Crippen LogP contribution in [0.1, 0.15) is 63.0 Å². The molecule has 6 heteroatoms. The maximum absolute atomic E-state index is 6.04. The Kier molecular flexibility index (Phi) is 4.55. The van der Waals surface area contributed by atoms with Crippen molar-refractivity contribution in [3.63, 3.8) is 0 Å². The molecule has 0 fully saturated rings. The second-order valence-electron chi connectivity index (χ2n) is 6.11. The van der Waals surface area contributed by atoms with Crippen molar-refractivity contribution in [1.29, 1.82) is 0 Å². The molecule has 0 spiro atoms. The lowest BCUT2D eigenvalue weighted by Gasteiger charge is -2.14. The van der Waals surface area contributed by atoms with Crippen molar-refractivity contribution in [2.45, 2.75) is 58.5 Å². The van der Waals surface area contributed by atoms with E-state index in [9.17, 15) is 0 Å². The minimum Gasteiger partial charge on any atom is -0.323 e. The Labute approximate surface area is 124 Å². The monoisotopic (exact) mass is 293 g/mol. The van der Waals surface area contributed by atoms with E-state index in [1.807, 2.05) is 10.9 Å². The van der Waals surface area contributed by atoms with Gasteiger partial charge < -0.3 is 5.73 Å². The van der Waals surface area contributed by atoms with Crippen LogP contribution < -0.4 is 5.73 Å². The highest BCUT2D eigenvalue weighted by molar-refractivity contribution is 7.09. The van der Waals surface area contributed by atoms with Crippen LogP contribution in [0.25, 0.3) is 0 Å². The molecular formula is C14H23N5S. The molecule has 110 valence electrons. The molecule has 0 radical (unpaired) electrons. The number of hydrogen-bond donors (Lipinski definition) is 1. The molecule has 0 aliphatic heterocycles. The van der Waals surface area contributed by atoms with Crippen molar-refractivity contribution in [3.8, 4) is 0 Å². The van der Waals surface area contributed by atoms with Gasteiger partial charge in [0.1, 0.15) is 5.01 Å². The second kappa shape index (κ2) is 6.01. The van der Waals surface area contributed by atoms with Gasteiger partial charge in [-0.1, -0.05) is 39.3 Å². The summed E-state index contributed by atoms with van der Waals surface area (Å²) < 4.78 is 1.82. The Morgan fingerprint density at radius 1 is 1.40 bits per heavy atom. The fourth-order valence-electron chi connectivity index (χ4n) is 1.89. The maximum Gasteiger partial charge on any atom is 0.114 e. The SMILES string of the molecule is CCCC(N)c1cn(Cc2nc(C(C)(C)C)cs2)nn1. The van der Waals surface area contributed by atoms with Crippen molar-refractivity contribution in [1.82, 2.24) is 20.0 Å². The summed E-state index contributed by atoms with van der Waals surface area (Å²) >= 11 is 1.67. The first-order valence-corrected chi connectivity index (χ1v) is 7.88. The molecule has 0 saturated carbocycles. The van der Waals surface area contributed by atoms with Gasteiger partial charge in [-0.05, 0) is 6.42 Å². The van der Waals surface area contributed by atoms with Gasteiger partial charge in [-0.3, -0.25) is 0 Å². The lowest BCUT2D eigenvalue weighted by molar-refractivity contribution is 0.566. The molecule has 0 saturated heterocycles. The normalized spacial score (nSPS) is 13.7. The maximum atomic E-state index is 6.04. The highest BCUT2D eigenvalue weighted by atomic mass is 32.1. The van der Waals surface area contributed by atoms with Gasteiger partial charge in [0.15, 0.2) is 0 Å². The molecule has 1 atom stereocenters. The van der Waals surface area contributed by atoms with Crippen LogP contribution in [0.2, 0.25) is 0 Å². The van der Waals surface area contributed by atoms with Crippen LogP contribution in [0.15, 0.2) is 11.6 Å². The highest BCUT2D eigenvalue weighted by Crippen LogP contribution is 2.24. The summed E-state index contributed by atoms with van der Waals surface area (Å²) in [5.41, 5.74) is 8.12. The average molecular weight is 293 g/mol. The number of aromatic nitrogens is 4. The minimum absolute atomic E-state index is 0.0184. The Morgan fingerprint density at radius 3 is 2.75 bits per heavy atom. The van der Waals surface area contributed by atoms with E-state index in [-0.39, 0.29) is 11.5 Å². The van der Waals surface area contributed by atoms with E-state index in [1.54, 1.807) is 11.3 Å². The molecule has 2 aromatic rings. The van der Waals surface area contributed by atoms with E-state index in [1.165, 1.54) is 0 Å². The van der Waals surface area contributed by atoms with E-state index in [0.717, 1.165) is 29.2 Å². The lowest BCUT2D eigenvalue weighted by atomic mass is 9.93. The van der Waals surface area contributed by atoms with Gasteiger partial charge in [0, 0.05) is 10.8 Å². The standard InChI is InChI=1S/C14H23N5S/c1-5-6-10(15)11-7-19(18-17-11)8-13-16-12(9-20-13)14(2,3)4/h7,9-10H,5-6,8,15H2,1-4H3. The summed E-state index contributed by atoms with van der Waals surface area (Å²) in [6.07, 6.45) is 3.91. The van der Waals surface area contributed by atoms with Gasteiger partial charge >= 0.3 is 0 Å². The molecule has 2 heterocycles. The van der Waals surface area contributed by atoms with Crippen LogP contribution in [-0.4, -0.2) is 20.0 Å². The fourth-order valence-corrected chi connectivity index (χ4v) is 2.90. The van der Waals surface area contributed by atoms with Gasteiger partial charge in [-0.2, -0.15) is 0 Å². The zero-order chi connectivity index (χ0) is 14.8. The molecular weight excluding hydrogens is 270 g/mol. The van der Waals surface area contributed by atoms with Crippen LogP contribution in [0, 0.1) is 0 Å². The Balaban J connectivity index is 2.05. The first-order chi connectivity index (χ1) is 9.40. The molecule has 5 nitrogen and oxygen atoms in total. The highest BCUT2D eigenvalue weighted by Gasteiger charge is 2.18. The van der Waals surface area contributed by atoms with Gasteiger partial charge in [-0.15, -0.1) is 16.4 Å². The zero-order valence-electron chi connectivity index (χ0n) is 12.6. The van der Waals surface area contributed by atoms with Crippen molar-refractivity contribution >= 4 is 11.3 Å². The smallest absolute Gasteiger partial charge is 0.114 e. The molecule has 2 rings (SSSR count). The molecule has 2 N–H and O–H groups in total. The minimum atomic E-state index is -0.0184. The predicted molar refractivity (Wildman–Crippen MR) is 81.8 cm³/mol. The van der Waals surface area contributed by atoms with Gasteiger partial charge in [0.25, 0.3) is 0 Å². The fraction of sp³-hybridized carbons (Fsp3) is 0.643. The molecule has 20 heavy (non-hydrogen) atoms. The molecule has 0 bridgehead atoms. The van der Waals surface area contributed by atoms with Crippen LogP contribution >= 0.6 is 11.3 Å². The molecule has 0 aliphatic carbocycles. The number of rotatable bonds is 5. The van der Waals surface area contributed by atoms with E-state index in [0.29, 0.717) is 6.54 Å². The third-order valence-corrected chi connectivity index (χ3v) is 3.99. The second-order valence-corrected chi connectivity index (χ2v) is 7.06. The first-order valence-electron chi connectivity index (χ1n) is 7.00. The largest absolute Gasteiger partial charge is 0.323 e. The van der Waals surface area contributed by atoms with Crippen molar-refractivity contribution in [3.05, 3.63) is 28.0 Å². The summed E-state index contributed by atoms with van der Waals surface area (Å²) in [7, 11) is 0. The van der Waals surface area contributed by atoms with Gasteiger partial charge in [0.05, 0.1) is 30.2 Å². The summed E-state index contributed by atoms with van der Waals surface area (Å²) in [6.45, 7) is 9.29. The summed E-state index contributed by atoms with van der Waals surface area (Å²) in [6, 6.07) is -0.0184. The summed E-state index contributed by atoms with van der Waals surface area (Å²) in [4.78, 5) is 4.67. The van der Waals surface area contributed by atoms with E-state index in [4.69, 9.17) is 5.73 Å².